The molecule has 3 aliphatic rings. The quantitative estimate of drug-likeness (QED) is 0.253. The smallest absolute Gasteiger partial charge is 0.130 e. The molecule has 0 amide bonds. The second-order valence-electron chi connectivity index (χ2n) is 11.6. The lowest BCUT2D eigenvalue weighted by atomic mass is 9.63. The Labute approximate surface area is 202 Å². The molecule has 0 bridgehead atoms. The molecule has 3 fully saturated rings. The predicted molar refractivity (Wildman–Crippen MR) is 137 cm³/mol. The molecule has 4 atom stereocenters. The first-order chi connectivity index (χ1) is 16.2. The SMILES string of the molecule is C=CCCOc1ccc(C2CCC3CC(CCC4CCC(CCC)CC4)CCC3C2)c(F)c1. The Hall–Kier alpha value is -1.31. The first-order valence-corrected chi connectivity index (χ1v) is 14.2. The van der Waals surface area contributed by atoms with Gasteiger partial charge >= 0.3 is 0 Å². The number of ether oxygens (including phenoxy) is 1. The third-order valence-corrected chi connectivity index (χ3v) is 9.37. The molecule has 0 saturated heterocycles. The van der Waals surface area contributed by atoms with Crippen molar-refractivity contribution >= 4 is 0 Å². The van der Waals surface area contributed by atoms with E-state index in [9.17, 15) is 4.39 Å². The number of benzene rings is 1. The van der Waals surface area contributed by atoms with Crippen LogP contribution >= 0.6 is 0 Å². The van der Waals surface area contributed by atoms with Crippen molar-refractivity contribution in [3.63, 3.8) is 0 Å². The van der Waals surface area contributed by atoms with E-state index in [-0.39, 0.29) is 5.82 Å². The molecule has 4 unspecified atom stereocenters. The van der Waals surface area contributed by atoms with Gasteiger partial charge in [-0.2, -0.15) is 0 Å². The molecule has 33 heavy (non-hydrogen) atoms. The maximum atomic E-state index is 14.9. The van der Waals surface area contributed by atoms with E-state index in [0.29, 0.717) is 18.3 Å². The van der Waals surface area contributed by atoms with Crippen molar-refractivity contribution in [1.29, 1.82) is 0 Å². The van der Waals surface area contributed by atoms with Crippen LogP contribution in [0.1, 0.15) is 115 Å². The molecule has 3 saturated carbocycles. The lowest BCUT2D eigenvalue weighted by molar-refractivity contribution is 0.108. The lowest BCUT2D eigenvalue weighted by Gasteiger charge is -2.43. The number of fused-ring (bicyclic) bond motifs is 1. The van der Waals surface area contributed by atoms with Gasteiger partial charge in [0.2, 0.25) is 0 Å². The van der Waals surface area contributed by atoms with Gasteiger partial charge in [-0.1, -0.05) is 76.9 Å². The van der Waals surface area contributed by atoms with Gasteiger partial charge in [-0.05, 0) is 85.7 Å². The van der Waals surface area contributed by atoms with E-state index >= 15 is 0 Å². The minimum atomic E-state index is -0.0723. The van der Waals surface area contributed by atoms with E-state index in [2.05, 4.69) is 13.5 Å². The Morgan fingerprint density at radius 1 is 0.879 bits per heavy atom. The average molecular weight is 455 g/mol. The van der Waals surface area contributed by atoms with Crippen LogP contribution in [0.4, 0.5) is 4.39 Å². The molecule has 0 spiro atoms. The Balaban J connectivity index is 1.21. The minimum absolute atomic E-state index is 0.0723. The molecule has 4 rings (SSSR count). The van der Waals surface area contributed by atoms with Crippen molar-refractivity contribution in [3.8, 4) is 5.75 Å². The molecule has 2 heteroatoms. The zero-order valence-electron chi connectivity index (χ0n) is 21.1. The van der Waals surface area contributed by atoms with Gasteiger partial charge in [-0.3, -0.25) is 0 Å². The number of hydrogen-bond donors (Lipinski definition) is 0. The van der Waals surface area contributed by atoms with E-state index in [4.69, 9.17) is 4.74 Å². The second kappa shape index (κ2) is 12.4. The topological polar surface area (TPSA) is 9.23 Å². The standard InChI is InChI=1S/C31H47FO/c1-3-5-19-33-29-17-18-30(31(32)22-29)28-16-15-26-20-25(13-14-27(26)21-28)12-11-24-9-7-23(6-4-2)8-10-24/h3,17-18,22-28H,1,4-16,19-21H2,2H3. The first kappa shape index (κ1) is 24.8. The van der Waals surface area contributed by atoms with Gasteiger partial charge in [0.25, 0.3) is 0 Å². The highest BCUT2D eigenvalue weighted by Gasteiger charge is 2.36. The van der Waals surface area contributed by atoms with Crippen molar-refractivity contribution < 1.29 is 9.13 Å². The fourth-order valence-electron chi connectivity index (χ4n) is 7.41. The van der Waals surface area contributed by atoms with Gasteiger partial charge < -0.3 is 4.74 Å². The number of halogens is 1. The second-order valence-corrected chi connectivity index (χ2v) is 11.6. The summed E-state index contributed by atoms with van der Waals surface area (Å²) < 4.78 is 20.5. The average Bonchev–Trinajstić information content (AvgIpc) is 2.84. The molecular weight excluding hydrogens is 407 g/mol. The zero-order valence-corrected chi connectivity index (χ0v) is 21.1. The molecule has 1 aromatic carbocycles. The van der Waals surface area contributed by atoms with Gasteiger partial charge in [0.15, 0.2) is 0 Å². The molecule has 184 valence electrons. The molecule has 1 aromatic rings. The van der Waals surface area contributed by atoms with Crippen molar-refractivity contribution in [2.24, 2.45) is 29.6 Å². The van der Waals surface area contributed by atoms with Crippen molar-refractivity contribution in [2.45, 2.75) is 109 Å². The van der Waals surface area contributed by atoms with E-state index in [1.54, 1.807) is 6.07 Å². The molecule has 0 heterocycles. The van der Waals surface area contributed by atoms with Crippen LogP contribution in [0.25, 0.3) is 0 Å². The summed E-state index contributed by atoms with van der Waals surface area (Å²) in [6.45, 7) is 6.61. The highest BCUT2D eigenvalue weighted by atomic mass is 19.1. The van der Waals surface area contributed by atoms with Crippen LogP contribution in [0.5, 0.6) is 5.75 Å². The Bertz CT molecular complexity index is 734. The third-order valence-electron chi connectivity index (χ3n) is 9.37. The first-order valence-electron chi connectivity index (χ1n) is 14.2. The van der Waals surface area contributed by atoms with Gasteiger partial charge in [0.1, 0.15) is 11.6 Å². The normalized spacial score (nSPS) is 32.2. The molecule has 3 aliphatic carbocycles. The van der Waals surface area contributed by atoms with Crippen LogP contribution in [0.3, 0.4) is 0 Å². The van der Waals surface area contributed by atoms with Crippen LogP contribution in [0.2, 0.25) is 0 Å². The summed E-state index contributed by atoms with van der Waals surface area (Å²) in [6, 6.07) is 5.54. The molecule has 0 aromatic heterocycles. The summed E-state index contributed by atoms with van der Waals surface area (Å²) in [5.41, 5.74) is 0.922. The van der Waals surface area contributed by atoms with Gasteiger partial charge in [-0.15, -0.1) is 6.58 Å². The molecular formula is C31H47FO. The van der Waals surface area contributed by atoms with Gasteiger partial charge in [0, 0.05) is 6.07 Å². The van der Waals surface area contributed by atoms with Crippen LogP contribution in [0, 0.1) is 35.4 Å². The summed E-state index contributed by atoms with van der Waals surface area (Å²) in [5.74, 6) is 5.67. The zero-order chi connectivity index (χ0) is 23.0. The highest BCUT2D eigenvalue weighted by Crippen LogP contribution is 2.49. The molecule has 1 nitrogen and oxygen atoms in total. The van der Waals surface area contributed by atoms with Crippen molar-refractivity contribution in [3.05, 3.63) is 42.2 Å². The lowest BCUT2D eigenvalue weighted by Crippen LogP contribution is -2.31. The van der Waals surface area contributed by atoms with E-state index in [1.807, 2.05) is 18.2 Å². The summed E-state index contributed by atoms with van der Waals surface area (Å²) in [7, 11) is 0. The van der Waals surface area contributed by atoms with Crippen LogP contribution in [-0.4, -0.2) is 6.61 Å². The highest BCUT2D eigenvalue weighted by molar-refractivity contribution is 5.31. The molecule has 0 radical (unpaired) electrons. The van der Waals surface area contributed by atoms with E-state index in [1.165, 1.54) is 83.5 Å². The Kier molecular flexibility index (Phi) is 9.33. The van der Waals surface area contributed by atoms with Crippen molar-refractivity contribution in [2.75, 3.05) is 6.61 Å². The number of rotatable bonds is 10. The minimum Gasteiger partial charge on any atom is -0.493 e. The van der Waals surface area contributed by atoms with Gasteiger partial charge in [-0.25, -0.2) is 4.39 Å². The summed E-state index contributed by atoms with van der Waals surface area (Å²) >= 11 is 0. The maximum absolute atomic E-state index is 14.9. The summed E-state index contributed by atoms with van der Waals surface area (Å²) in [5, 5.41) is 0. The maximum Gasteiger partial charge on any atom is 0.130 e. The van der Waals surface area contributed by atoms with Crippen LogP contribution in [-0.2, 0) is 0 Å². The van der Waals surface area contributed by atoms with E-state index < -0.39 is 0 Å². The Morgan fingerprint density at radius 2 is 1.55 bits per heavy atom. The fourth-order valence-corrected chi connectivity index (χ4v) is 7.41. The fraction of sp³-hybridized carbons (Fsp3) is 0.742. The van der Waals surface area contributed by atoms with Crippen molar-refractivity contribution in [1.82, 2.24) is 0 Å². The van der Waals surface area contributed by atoms with Crippen LogP contribution < -0.4 is 4.74 Å². The van der Waals surface area contributed by atoms with E-state index in [0.717, 1.165) is 48.0 Å². The van der Waals surface area contributed by atoms with Gasteiger partial charge in [0.05, 0.1) is 6.61 Å². The monoisotopic (exact) mass is 454 g/mol. The molecule has 0 aliphatic heterocycles. The third kappa shape index (κ3) is 6.86. The largest absolute Gasteiger partial charge is 0.493 e. The summed E-state index contributed by atoms with van der Waals surface area (Å²) in [6.07, 6.45) is 22.2. The Morgan fingerprint density at radius 3 is 2.27 bits per heavy atom. The van der Waals surface area contributed by atoms with Crippen LogP contribution in [0.15, 0.2) is 30.9 Å². The number of hydrogen-bond acceptors (Lipinski definition) is 1. The summed E-state index contributed by atoms with van der Waals surface area (Å²) in [4.78, 5) is 0. The molecule has 0 N–H and O–H groups in total. The predicted octanol–water partition coefficient (Wildman–Crippen LogP) is 9.47.